The number of nitrogens with one attached hydrogen (secondary N) is 2. The van der Waals surface area contributed by atoms with Gasteiger partial charge in [-0.3, -0.25) is 19.4 Å². The van der Waals surface area contributed by atoms with Crippen LogP contribution in [0.5, 0.6) is 0 Å². The number of amides is 3. The second kappa shape index (κ2) is 7.53. The van der Waals surface area contributed by atoms with Crippen LogP contribution < -0.4 is 10.6 Å². The Kier molecular flexibility index (Phi) is 5.16. The Hall–Kier alpha value is -3.29. The molecule has 1 aromatic heterocycles. The van der Waals surface area contributed by atoms with Gasteiger partial charge in [-0.05, 0) is 43.7 Å². The normalized spacial score (nSPS) is 21.1. The fraction of sp³-hybridized carbons (Fsp3) is 0.316. The van der Waals surface area contributed by atoms with E-state index in [1.165, 1.54) is 0 Å². The van der Waals surface area contributed by atoms with Gasteiger partial charge >= 0.3 is 0 Å². The molecule has 0 saturated heterocycles. The first-order valence-electron chi connectivity index (χ1n) is 8.65. The fourth-order valence-corrected chi connectivity index (χ4v) is 2.96. The largest absolute Gasteiger partial charge is 0.352 e. The maximum atomic E-state index is 12.8. The van der Waals surface area contributed by atoms with Crippen molar-refractivity contribution in [2.75, 3.05) is 13.1 Å². The first-order valence-corrected chi connectivity index (χ1v) is 8.65. The van der Waals surface area contributed by atoms with Crippen molar-refractivity contribution in [2.24, 2.45) is 4.99 Å². The quantitative estimate of drug-likeness (QED) is 0.749. The molecule has 0 aromatic carbocycles. The number of allylic oxidation sites excluding steroid dienone is 2. The molecule has 27 heavy (non-hydrogen) atoms. The number of aliphatic imine (C=N–C) groups is 1. The van der Waals surface area contributed by atoms with Crippen molar-refractivity contribution >= 4 is 23.6 Å². The predicted molar refractivity (Wildman–Crippen MR) is 99.8 cm³/mol. The molecule has 140 valence electrons. The highest BCUT2D eigenvalue weighted by molar-refractivity contribution is 6.09. The van der Waals surface area contributed by atoms with Gasteiger partial charge in [0, 0.05) is 25.5 Å². The number of rotatable bonds is 5. The van der Waals surface area contributed by atoms with Gasteiger partial charge in [0.15, 0.2) is 0 Å². The summed E-state index contributed by atoms with van der Waals surface area (Å²) >= 11 is 0. The lowest BCUT2D eigenvalue weighted by Gasteiger charge is -2.42. The number of carbonyl (C=O) groups is 3. The van der Waals surface area contributed by atoms with Gasteiger partial charge in [0.1, 0.15) is 17.1 Å². The van der Waals surface area contributed by atoms with Crippen LogP contribution in [0.25, 0.3) is 0 Å². The molecule has 0 saturated carbocycles. The zero-order chi connectivity index (χ0) is 19.4. The van der Waals surface area contributed by atoms with Crippen LogP contribution in [0.3, 0.4) is 0 Å². The monoisotopic (exact) mass is 367 g/mol. The maximum Gasteiger partial charge on any atom is 0.269 e. The highest BCUT2D eigenvalue weighted by Gasteiger charge is 2.45. The molecule has 0 unspecified atom stereocenters. The minimum Gasteiger partial charge on any atom is -0.352 e. The number of carbonyl (C=O) groups excluding carboxylic acids is 3. The first-order chi connectivity index (χ1) is 12.9. The Morgan fingerprint density at radius 1 is 1.26 bits per heavy atom. The van der Waals surface area contributed by atoms with Gasteiger partial charge in [-0.25, -0.2) is 0 Å². The zero-order valence-electron chi connectivity index (χ0n) is 15.2. The van der Waals surface area contributed by atoms with E-state index >= 15 is 0 Å². The fourth-order valence-electron chi connectivity index (χ4n) is 2.96. The third-order valence-corrected chi connectivity index (χ3v) is 4.44. The molecule has 2 N–H and O–H groups in total. The number of fused-ring (bicyclic) bond motifs is 1. The van der Waals surface area contributed by atoms with E-state index in [-0.39, 0.29) is 37.2 Å². The lowest BCUT2D eigenvalue weighted by atomic mass is 9.90. The molecule has 1 atom stereocenters. The van der Waals surface area contributed by atoms with Crippen molar-refractivity contribution in [3.63, 3.8) is 0 Å². The molecule has 3 amide bonds. The Morgan fingerprint density at radius 2 is 2.04 bits per heavy atom. The Balaban J connectivity index is 1.58. The average Bonchev–Trinajstić information content (AvgIpc) is 2.64. The number of nitrogens with zero attached hydrogens (tertiary/aromatic N) is 3. The van der Waals surface area contributed by atoms with E-state index in [0.717, 1.165) is 5.57 Å². The summed E-state index contributed by atoms with van der Waals surface area (Å²) < 4.78 is 0. The summed E-state index contributed by atoms with van der Waals surface area (Å²) in [7, 11) is 0. The highest BCUT2D eigenvalue weighted by atomic mass is 16.2. The molecule has 8 heteroatoms. The molecule has 0 bridgehead atoms. The SMILES string of the molecule is CC1=CC2=NC(=O)C[C@](C)(C(=O)NCCNC(=O)c3ccccn3)N2C=C1. The standard InChI is InChI=1S/C19H21N5O3/c1-13-6-10-24-15(11-13)23-16(25)12-19(24,2)18(27)22-9-8-21-17(26)14-5-3-4-7-20-14/h3-7,10-11H,8-9,12H2,1-2H3,(H,21,26)(H,22,27)/t19-/m1/s1. The van der Waals surface area contributed by atoms with Crippen molar-refractivity contribution < 1.29 is 14.4 Å². The molecule has 3 rings (SSSR count). The summed E-state index contributed by atoms with van der Waals surface area (Å²) in [6, 6.07) is 5.07. The molecule has 1 aromatic rings. The summed E-state index contributed by atoms with van der Waals surface area (Å²) in [6.07, 6.45) is 6.94. The van der Waals surface area contributed by atoms with Crippen molar-refractivity contribution in [3.8, 4) is 0 Å². The Morgan fingerprint density at radius 3 is 2.78 bits per heavy atom. The first kappa shape index (κ1) is 18.5. The molecule has 0 radical (unpaired) electrons. The van der Waals surface area contributed by atoms with E-state index in [9.17, 15) is 14.4 Å². The number of hydrogen-bond donors (Lipinski definition) is 2. The van der Waals surface area contributed by atoms with Crippen LogP contribution >= 0.6 is 0 Å². The van der Waals surface area contributed by atoms with E-state index in [1.807, 2.05) is 13.0 Å². The van der Waals surface area contributed by atoms with Gasteiger partial charge in [0.2, 0.25) is 5.91 Å². The molecule has 2 aliphatic heterocycles. The van der Waals surface area contributed by atoms with Crippen LogP contribution in [0.1, 0.15) is 30.8 Å². The molecule has 0 aliphatic carbocycles. The summed E-state index contributed by atoms with van der Waals surface area (Å²) in [6.45, 7) is 4.10. The smallest absolute Gasteiger partial charge is 0.269 e. The van der Waals surface area contributed by atoms with Gasteiger partial charge < -0.3 is 15.5 Å². The van der Waals surface area contributed by atoms with Gasteiger partial charge in [-0.2, -0.15) is 4.99 Å². The highest BCUT2D eigenvalue weighted by Crippen LogP contribution is 2.29. The van der Waals surface area contributed by atoms with Crippen LogP contribution in [0, 0.1) is 0 Å². The minimum atomic E-state index is -1.06. The molecule has 2 aliphatic rings. The third-order valence-electron chi connectivity index (χ3n) is 4.44. The summed E-state index contributed by atoms with van der Waals surface area (Å²) in [5, 5.41) is 5.48. The van der Waals surface area contributed by atoms with E-state index in [2.05, 4.69) is 20.6 Å². The van der Waals surface area contributed by atoms with Crippen LogP contribution in [0.2, 0.25) is 0 Å². The zero-order valence-corrected chi connectivity index (χ0v) is 15.2. The predicted octanol–water partition coefficient (Wildman–Crippen LogP) is 0.791. The maximum absolute atomic E-state index is 12.8. The van der Waals surface area contributed by atoms with Crippen molar-refractivity contribution in [3.05, 3.63) is 54.0 Å². The van der Waals surface area contributed by atoms with Gasteiger partial charge in [-0.15, -0.1) is 0 Å². The number of amidine groups is 1. The van der Waals surface area contributed by atoms with Gasteiger partial charge in [0.05, 0.1) is 6.42 Å². The van der Waals surface area contributed by atoms with Crippen LogP contribution in [0.15, 0.2) is 53.3 Å². The van der Waals surface area contributed by atoms with Gasteiger partial charge in [0.25, 0.3) is 11.8 Å². The van der Waals surface area contributed by atoms with Crippen molar-refractivity contribution in [2.45, 2.75) is 25.8 Å². The van der Waals surface area contributed by atoms with Crippen molar-refractivity contribution in [1.29, 1.82) is 0 Å². The number of hydrogen-bond acceptors (Lipinski definition) is 5. The molecule has 0 spiro atoms. The summed E-state index contributed by atoms with van der Waals surface area (Å²) in [5.74, 6) is -0.472. The third kappa shape index (κ3) is 3.94. The molecule has 8 nitrogen and oxygen atoms in total. The van der Waals surface area contributed by atoms with E-state index in [0.29, 0.717) is 11.5 Å². The lowest BCUT2D eigenvalue weighted by molar-refractivity contribution is -0.134. The Bertz CT molecular complexity index is 859. The van der Waals surface area contributed by atoms with E-state index < -0.39 is 5.54 Å². The van der Waals surface area contributed by atoms with Crippen LogP contribution in [-0.4, -0.2) is 52.1 Å². The second-order valence-electron chi connectivity index (χ2n) is 6.62. The second-order valence-corrected chi connectivity index (χ2v) is 6.62. The molecular weight excluding hydrogens is 346 g/mol. The summed E-state index contributed by atoms with van der Waals surface area (Å²) in [5.41, 5.74) is 0.210. The molecule has 3 heterocycles. The topological polar surface area (TPSA) is 104 Å². The lowest BCUT2D eigenvalue weighted by Crippen LogP contribution is -2.60. The molecular formula is C19H21N5O3. The number of pyridine rings is 1. The summed E-state index contributed by atoms with van der Waals surface area (Å²) in [4.78, 5) is 46.4. The minimum absolute atomic E-state index is 0.0140. The number of aromatic nitrogens is 1. The van der Waals surface area contributed by atoms with Crippen LogP contribution in [0.4, 0.5) is 0 Å². The van der Waals surface area contributed by atoms with E-state index in [1.54, 1.807) is 48.5 Å². The average molecular weight is 367 g/mol. The Labute approximate surface area is 157 Å². The van der Waals surface area contributed by atoms with Crippen LogP contribution in [-0.2, 0) is 9.59 Å². The van der Waals surface area contributed by atoms with E-state index in [4.69, 9.17) is 0 Å². The molecule has 0 fully saturated rings. The van der Waals surface area contributed by atoms with Crippen molar-refractivity contribution in [1.82, 2.24) is 20.5 Å². The van der Waals surface area contributed by atoms with Gasteiger partial charge in [-0.1, -0.05) is 6.07 Å².